The highest BCUT2D eigenvalue weighted by molar-refractivity contribution is 5.00. The van der Waals surface area contributed by atoms with Crippen molar-refractivity contribution < 1.29 is 0 Å². The Hall–Kier alpha value is -0.0800. The van der Waals surface area contributed by atoms with Crippen LogP contribution in [0.25, 0.3) is 0 Å². The fourth-order valence-electron chi connectivity index (χ4n) is 2.60. The van der Waals surface area contributed by atoms with Crippen LogP contribution in [0, 0.1) is 11.3 Å². The summed E-state index contributed by atoms with van der Waals surface area (Å²) < 4.78 is 0. The third kappa shape index (κ3) is 1.17. The van der Waals surface area contributed by atoms with Gasteiger partial charge in [-0.25, -0.2) is 0 Å². The average molecular weight is 168 g/mol. The molecule has 0 aromatic heterocycles. The van der Waals surface area contributed by atoms with Crippen molar-refractivity contribution in [1.29, 1.82) is 0 Å². The maximum Gasteiger partial charge on any atom is 0.00539 e. The topological polar surface area (TPSA) is 15.3 Å². The van der Waals surface area contributed by atoms with Crippen LogP contribution in [-0.4, -0.2) is 37.1 Å². The summed E-state index contributed by atoms with van der Waals surface area (Å²) in [6.45, 7) is 12.1. The minimum absolute atomic E-state index is 0.574. The standard InChI is InChI=1S/C10H20N2/c1-8(2)12-5-9-4-11-6-10(9,3)7-12/h8-9,11H,4-7H2,1-3H3/t9-,10+/m0/s1. The molecule has 2 aliphatic rings. The maximum atomic E-state index is 3.50. The largest absolute Gasteiger partial charge is 0.316 e. The van der Waals surface area contributed by atoms with Crippen LogP contribution < -0.4 is 5.32 Å². The van der Waals surface area contributed by atoms with E-state index in [1.165, 1.54) is 26.2 Å². The molecule has 12 heavy (non-hydrogen) atoms. The number of fused-ring (bicyclic) bond motifs is 1. The first kappa shape index (κ1) is 8.52. The fraction of sp³-hybridized carbons (Fsp3) is 1.00. The zero-order valence-corrected chi connectivity index (χ0v) is 8.43. The summed E-state index contributed by atoms with van der Waals surface area (Å²) in [5.74, 6) is 0.903. The number of hydrogen-bond acceptors (Lipinski definition) is 2. The van der Waals surface area contributed by atoms with E-state index in [0.717, 1.165) is 12.0 Å². The zero-order valence-electron chi connectivity index (χ0n) is 8.43. The van der Waals surface area contributed by atoms with Gasteiger partial charge in [0, 0.05) is 25.7 Å². The van der Waals surface area contributed by atoms with Gasteiger partial charge in [0.1, 0.15) is 0 Å². The Morgan fingerprint density at radius 1 is 1.50 bits per heavy atom. The molecule has 70 valence electrons. The first-order valence-corrected chi connectivity index (χ1v) is 5.06. The molecule has 0 aromatic rings. The van der Waals surface area contributed by atoms with E-state index >= 15 is 0 Å². The lowest BCUT2D eigenvalue weighted by molar-refractivity contribution is 0.235. The van der Waals surface area contributed by atoms with Gasteiger partial charge in [-0.1, -0.05) is 6.92 Å². The number of likely N-dealkylation sites (tertiary alicyclic amines) is 1. The lowest BCUT2D eigenvalue weighted by Crippen LogP contribution is -2.34. The minimum atomic E-state index is 0.574. The lowest BCUT2D eigenvalue weighted by Gasteiger charge is -2.24. The summed E-state index contributed by atoms with van der Waals surface area (Å²) >= 11 is 0. The molecular formula is C10H20N2. The highest BCUT2D eigenvalue weighted by Gasteiger charge is 2.46. The molecule has 0 aromatic carbocycles. The molecule has 2 heteroatoms. The van der Waals surface area contributed by atoms with Crippen LogP contribution in [0.15, 0.2) is 0 Å². The second-order valence-electron chi connectivity index (χ2n) is 5.01. The van der Waals surface area contributed by atoms with Crippen molar-refractivity contribution in [3.05, 3.63) is 0 Å². The monoisotopic (exact) mass is 168 g/mol. The van der Waals surface area contributed by atoms with E-state index in [4.69, 9.17) is 0 Å². The van der Waals surface area contributed by atoms with Crippen molar-refractivity contribution in [1.82, 2.24) is 10.2 Å². The first-order valence-electron chi connectivity index (χ1n) is 5.06. The van der Waals surface area contributed by atoms with Crippen LogP contribution in [0.2, 0.25) is 0 Å². The Bertz CT molecular complexity index is 179. The van der Waals surface area contributed by atoms with Gasteiger partial charge >= 0.3 is 0 Å². The van der Waals surface area contributed by atoms with Crippen molar-refractivity contribution in [2.75, 3.05) is 26.2 Å². The van der Waals surface area contributed by atoms with Crippen molar-refractivity contribution in [3.8, 4) is 0 Å². The second-order valence-corrected chi connectivity index (χ2v) is 5.01. The minimum Gasteiger partial charge on any atom is -0.316 e. The quantitative estimate of drug-likeness (QED) is 0.627. The van der Waals surface area contributed by atoms with Crippen molar-refractivity contribution in [2.45, 2.75) is 26.8 Å². The molecule has 0 radical (unpaired) electrons. The van der Waals surface area contributed by atoms with Crippen LogP contribution in [0.3, 0.4) is 0 Å². The summed E-state index contributed by atoms with van der Waals surface area (Å²) in [7, 11) is 0. The molecule has 2 fully saturated rings. The van der Waals surface area contributed by atoms with Crippen LogP contribution in [0.1, 0.15) is 20.8 Å². The number of rotatable bonds is 1. The van der Waals surface area contributed by atoms with E-state index in [1.54, 1.807) is 0 Å². The molecule has 2 aliphatic heterocycles. The molecule has 1 N–H and O–H groups in total. The van der Waals surface area contributed by atoms with E-state index in [1.807, 2.05) is 0 Å². The van der Waals surface area contributed by atoms with Crippen molar-refractivity contribution in [2.24, 2.45) is 11.3 Å². The van der Waals surface area contributed by atoms with Gasteiger partial charge in [-0.3, -0.25) is 4.90 Å². The van der Waals surface area contributed by atoms with Gasteiger partial charge in [0.25, 0.3) is 0 Å². The summed E-state index contributed by atoms with van der Waals surface area (Å²) in [5.41, 5.74) is 0.574. The molecule has 0 aliphatic carbocycles. The summed E-state index contributed by atoms with van der Waals surface area (Å²) in [6, 6.07) is 0.729. The van der Waals surface area contributed by atoms with Gasteiger partial charge < -0.3 is 5.32 Å². The van der Waals surface area contributed by atoms with Gasteiger partial charge in [-0.05, 0) is 31.7 Å². The molecule has 2 saturated heterocycles. The van der Waals surface area contributed by atoms with Gasteiger partial charge in [-0.15, -0.1) is 0 Å². The maximum absolute atomic E-state index is 3.50. The van der Waals surface area contributed by atoms with Crippen LogP contribution in [0.4, 0.5) is 0 Å². The predicted octanol–water partition coefficient (Wildman–Crippen LogP) is 0.936. The Labute approximate surface area is 75.3 Å². The Balaban J connectivity index is 2.06. The van der Waals surface area contributed by atoms with Crippen molar-refractivity contribution >= 4 is 0 Å². The molecule has 0 spiro atoms. The molecule has 0 unspecified atom stereocenters. The molecular weight excluding hydrogens is 148 g/mol. The molecule has 0 amide bonds. The van der Waals surface area contributed by atoms with Gasteiger partial charge in [0.15, 0.2) is 0 Å². The zero-order chi connectivity index (χ0) is 8.77. The molecule has 2 atom stereocenters. The Morgan fingerprint density at radius 3 is 2.83 bits per heavy atom. The summed E-state index contributed by atoms with van der Waals surface area (Å²) in [4.78, 5) is 2.62. The first-order chi connectivity index (χ1) is 5.62. The fourth-order valence-corrected chi connectivity index (χ4v) is 2.60. The normalized spacial score (nSPS) is 42.5. The smallest absolute Gasteiger partial charge is 0.00539 e. The van der Waals surface area contributed by atoms with E-state index in [9.17, 15) is 0 Å². The van der Waals surface area contributed by atoms with E-state index in [0.29, 0.717) is 5.41 Å². The van der Waals surface area contributed by atoms with E-state index in [2.05, 4.69) is 31.0 Å². The SMILES string of the molecule is CC(C)N1C[C@@H]2CNC[C@]2(C)C1. The van der Waals surface area contributed by atoms with Crippen LogP contribution in [-0.2, 0) is 0 Å². The van der Waals surface area contributed by atoms with Crippen LogP contribution in [0.5, 0.6) is 0 Å². The van der Waals surface area contributed by atoms with Crippen LogP contribution >= 0.6 is 0 Å². The van der Waals surface area contributed by atoms with Gasteiger partial charge in [0.2, 0.25) is 0 Å². The van der Waals surface area contributed by atoms with Crippen molar-refractivity contribution in [3.63, 3.8) is 0 Å². The molecule has 2 rings (SSSR count). The van der Waals surface area contributed by atoms with Gasteiger partial charge in [-0.2, -0.15) is 0 Å². The highest BCUT2D eigenvalue weighted by Crippen LogP contribution is 2.38. The second kappa shape index (κ2) is 2.71. The van der Waals surface area contributed by atoms with E-state index in [-0.39, 0.29) is 0 Å². The molecule has 2 nitrogen and oxygen atoms in total. The predicted molar refractivity (Wildman–Crippen MR) is 51.2 cm³/mol. The third-order valence-corrected chi connectivity index (χ3v) is 3.65. The summed E-state index contributed by atoms with van der Waals surface area (Å²) in [5, 5.41) is 3.50. The number of nitrogens with zero attached hydrogens (tertiary/aromatic N) is 1. The molecule has 2 heterocycles. The Morgan fingerprint density at radius 2 is 2.25 bits per heavy atom. The number of hydrogen-bond donors (Lipinski definition) is 1. The molecule has 0 saturated carbocycles. The average Bonchev–Trinajstić information content (AvgIpc) is 2.41. The highest BCUT2D eigenvalue weighted by atomic mass is 15.2. The lowest BCUT2D eigenvalue weighted by atomic mass is 9.83. The molecule has 0 bridgehead atoms. The van der Waals surface area contributed by atoms with E-state index < -0.39 is 0 Å². The third-order valence-electron chi connectivity index (χ3n) is 3.65. The summed E-state index contributed by atoms with van der Waals surface area (Å²) in [6.07, 6.45) is 0. The van der Waals surface area contributed by atoms with Gasteiger partial charge in [0.05, 0.1) is 0 Å². The Kier molecular flexibility index (Phi) is 1.92. The number of nitrogens with one attached hydrogen (secondary N) is 1.